The number of rotatable bonds is 5. The molecule has 3 nitrogen and oxygen atoms in total. The van der Waals surface area contributed by atoms with Crippen molar-refractivity contribution in [3.8, 4) is 11.1 Å². The van der Waals surface area contributed by atoms with Gasteiger partial charge in [0, 0.05) is 37.7 Å². The lowest BCUT2D eigenvalue weighted by Gasteiger charge is -2.14. The molecule has 2 atom stereocenters. The van der Waals surface area contributed by atoms with Crippen molar-refractivity contribution in [3.05, 3.63) is 59.9 Å². The van der Waals surface area contributed by atoms with Crippen LogP contribution in [0.3, 0.4) is 0 Å². The third-order valence-electron chi connectivity index (χ3n) is 4.19. The van der Waals surface area contributed by atoms with Crippen molar-refractivity contribution in [3.63, 3.8) is 0 Å². The van der Waals surface area contributed by atoms with Crippen LogP contribution in [-0.4, -0.2) is 30.8 Å². The average molecular weight is 300 g/mol. The number of hydrogen-bond donors (Lipinski definition) is 3. The molecule has 0 amide bonds. The van der Waals surface area contributed by atoms with Gasteiger partial charge in [0.2, 0.25) is 0 Å². The van der Waals surface area contributed by atoms with Gasteiger partial charge in [-0.1, -0.05) is 42.5 Å². The van der Waals surface area contributed by atoms with E-state index in [0.29, 0.717) is 25.2 Å². The van der Waals surface area contributed by atoms with Gasteiger partial charge in [-0.25, -0.2) is 4.39 Å². The smallest absolute Gasteiger partial charge is 0.128 e. The summed E-state index contributed by atoms with van der Waals surface area (Å²) in [5, 5.41) is 16.1. The van der Waals surface area contributed by atoms with Crippen molar-refractivity contribution < 1.29 is 9.50 Å². The predicted molar refractivity (Wildman–Crippen MR) is 85.9 cm³/mol. The molecule has 0 spiro atoms. The van der Waals surface area contributed by atoms with E-state index in [1.54, 1.807) is 6.07 Å². The van der Waals surface area contributed by atoms with E-state index in [1.807, 2.05) is 42.5 Å². The zero-order chi connectivity index (χ0) is 15.4. The Balaban J connectivity index is 1.60. The largest absolute Gasteiger partial charge is 0.391 e. The number of benzene rings is 2. The topological polar surface area (TPSA) is 44.3 Å². The Bertz CT molecular complexity index is 618. The van der Waals surface area contributed by atoms with Gasteiger partial charge in [-0.3, -0.25) is 0 Å². The average Bonchev–Trinajstić information content (AvgIpc) is 2.95. The second kappa shape index (κ2) is 7.01. The third kappa shape index (κ3) is 3.53. The summed E-state index contributed by atoms with van der Waals surface area (Å²) in [6.07, 6.45) is -0.308. The highest BCUT2D eigenvalue weighted by atomic mass is 19.1. The number of hydrogen-bond acceptors (Lipinski definition) is 3. The maximum absolute atomic E-state index is 14.2. The lowest BCUT2D eigenvalue weighted by molar-refractivity contribution is 0.146. The van der Waals surface area contributed by atoms with Gasteiger partial charge in [0.15, 0.2) is 0 Å². The lowest BCUT2D eigenvalue weighted by Crippen LogP contribution is -2.30. The molecule has 2 unspecified atom stereocenters. The maximum Gasteiger partial charge on any atom is 0.128 e. The second-order valence-electron chi connectivity index (χ2n) is 5.79. The summed E-state index contributed by atoms with van der Waals surface area (Å²) in [5.41, 5.74) is 2.55. The Morgan fingerprint density at radius 3 is 2.59 bits per heavy atom. The van der Waals surface area contributed by atoms with Crippen LogP contribution >= 0.6 is 0 Å². The quantitative estimate of drug-likeness (QED) is 0.793. The molecule has 22 heavy (non-hydrogen) atoms. The molecule has 0 radical (unpaired) electrons. The Labute approximate surface area is 130 Å². The van der Waals surface area contributed by atoms with Gasteiger partial charge in [-0.05, 0) is 17.2 Å². The summed E-state index contributed by atoms with van der Waals surface area (Å²) in [6, 6.07) is 15.1. The van der Waals surface area contributed by atoms with Crippen molar-refractivity contribution in [2.75, 3.05) is 19.6 Å². The van der Waals surface area contributed by atoms with E-state index in [2.05, 4.69) is 10.6 Å². The molecule has 116 valence electrons. The second-order valence-corrected chi connectivity index (χ2v) is 5.79. The number of aliphatic hydroxyl groups is 1. The van der Waals surface area contributed by atoms with E-state index in [9.17, 15) is 9.50 Å². The molecule has 2 aromatic carbocycles. The van der Waals surface area contributed by atoms with Gasteiger partial charge >= 0.3 is 0 Å². The Kier molecular flexibility index (Phi) is 4.83. The molecule has 0 bridgehead atoms. The molecule has 1 fully saturated rings. The normalized spacial score (nSPS) is 21.2. The highest BCUT2D eigenvalue weighted by Gasteiger charge is 2.24. The molecule has 4 heteroatoms. The van der Waals surface area contributed by atoms with Gasteiger partial charge in [0.25, 0.3) is 0 Å². The summed E-state index contributed by atoms with van der Waals surface area (Å²) in [5.74, 6) is 0.00519. The molecular weight excluding hydrogens is 279 g/mol. The van der Waals surface area contributed by atoms with Crippen molar-refractivity contribution in [2.45, 2.75) is 12.6 Å². The number of aliphatic hydroxyl groups excluding tert-OH is 1. The molecule has 0 saturated carbocycles. The predicted octanol–water partition coefficient (Wildman–Crippen LogP) is 2.16. The van der Waals surface area contributed by atoms with Gasteiger partial charge in [0.05, 0.1) is 6.10 Å². The van der Waals surface area contributed by atoms with Crippen molar-refractivity contribution in [2.24, 2.45) is 5.92 Å². The number of nitrogens with one attached hydrogen (secondary N) is 2. The number of halogens is 1. The molecule has 1 heterocycles. The van der Waals surface area contributed by atoms with Crippen LogP contribution in [0.2, 0.25) is 0 Å². The SMILES string of the molecule is OC1CNCC1CNCc1ccc(-c2ccccc2)cc1F. The molecule has 1 aliphatic rings. The zero-order valence-corrected chi connectivity index (χ0v) is 12.4. The highest BCUT2D eigenvalue weighted by molar-refractivity contribution is 5.63. The number of β-amino-alcohol motifs (C(OH)–C–C–N with tert-alkyl or cyclic N) is 1. The van der Waals surface area contributed by atoms with Gasteiger partial charge in [0.1, 0.15) is 5.82 Å². The summed E-state index contributed by atoms with van der Waals surface area (Å²) in [7, 11) is 0. The van der Waals surface area contributed by atoms with Crippen LogP contribution in [0.25, 0.3) is 11.1 Å². The first-order valence-electron chi connectivity index (χ1n) is 7.67. The van der Waals surface area contributed by atoms with Crippen LogP contribution in [0.5, 0.6) is 0 Å². The van der Waals surface area contributed by atoms with Crippen LogP contribution in [0.1, 0.15) is 5.56 Å². The van der Waals surface area contributed by atoms with Gasteiger partial charge in [-0.15, -0.1) is 0 Å². The third-order valence-corrected chi connectivity index (χ3v) is 4.19. The highest BCUT2D eigenvalue weighted by Crippen LogP contribution is 2.21. The lowest BCUT2D eigenvalue weighted by atomic mass is 10.0. The summed E-state index contributed by atoms with van der Waals surface area (Å²) < 4.78 is 14.2. The molecule has 1 saturated heterocycles. The first kappa shape index (κ1) is 15.2. The van der Waals surface area contributed by atoms with Crippen molar-refractivity contribution in [1.29, 1.82) is 0 Å². The minimum Gasteiger partial charge on any atom is -0.391 e. The standard InChI is InChI=1S/C18H21FN2O/c19-17-8-14(13-4-2-1-3-5-13)6-7-15(17)9-20-10-16-11-21-12-18(16)22/h1-8,16,18,20-22H,9-12H2. The monoisotopic (exact) mass is 300 g/mol. The van der Waals surface area contributed by atoms with E-state index in [-0.39, 0.29) is 17.8 Å². The molecule has 3 N–H and O–H groups in total. The first-order chi connectivity index (χ1) is 10.7. The van der Waals surface area contributed by atoms with E-state index < -0.39 is 0 Å². The van der Waals surface area contributed by atoms with Gasteiger partial charge < -0.3 is 15.7 Å². The summed E-state index contributed by atoms with van der Waals surface area (Å²) in [4.78, 5) is 0. The Morgan fingerprint density at radius 1 is 1.09 bits per heavy atom. The Hall–Kier alpha value is -1.75. The molecule has 3 rings (SSSR count). The Morgan fingerprint density at radius 2 is 1.91 bits per heavy atom. The van der Waals surface area contributed by atoms with Crippen LogP contribution < -0.4 is 10.6 Å². The van der Waals surface area contributed by atoms with Gasteiger partial charge in [-0.2, -0.15) is 0 Å². The summed E-state index contributed by atoms with van der Waals surface area (Å²) in [6.45, 7) is 2.62. The van der Waals surface area contributed by atoms with Crippen LogP contribution in [0, 0.1) is 11.7 Å². The van der Waals surface area contributed by atoms with Crippen LogP contribution in [-0.2, 0) is 6.54 Å². The first-order valence-corrected chi connectivity index (χ1v) is 7.67. The minimum absolute atomic E-state index is 0.195. The van der Waals surface area contributed by atoms with E-state index in [1.165, 1.54) is 0 Å². The maximum atomic E-state index is 14.2. The molecule has 0 aliphatic carbocycles. The molecule has 0 aromatic heterocycles. The fourth-order valence-corrected chi connectivity index (χ4v) is 2.82. The fraction of sp³-hybridized carbons (Fsp3) is 0.333. The van der Waals surface area contributed by atoms with Crippen LogP contribution in [0.4, 0.5) is 4.39 Å². The van der Waals surface area contributed by atoms with Crippen LogP contribution in [0.15, 0.2) is 48.5 Å². The molecular formula is C18H21FN2O. The van der Waals surface area contributed by atoms with Crippen molar-refractivity contribution in [1.82, 2.24) is 10.6 Å². The minimum atomic E-state index is -0.308. The fourth-order valence-electron chi connectivity index (χ4n) is 2.82. The van der Waals surface area contributed by atoms with E-state index >= 15 is 0 Å². The molecule has 2 aromatic rings. The molecule has 1 aliphatic heterocycles. The van der Waals surface area contributed by atoms with Crippen molar-refractivity contribution >= 4 is 0 Å². The summed E-state index contributed by atoms with van der Waals surface area (Å²) >= 11 is 0. The zero-order valence-electron chi connectivity index (χ0n) is 12.4. The van der Waals surface area contributed by atoms with E-state index in [0.717, 1.165) is 17.7 Å². The van der Waals surface area contributed by atoms with E-state index in [4.69, 9.17) is 0 Å².